The summed E-state index contributed by atoms with van der Waals surface area (Å²) in [5, 5.41) is 8.20. The highest BCUT2D eigenvalue weighted by atomic mass is 19.1. The van der Waals surface area contributed by atoms with Crippen LogP contribution in [0.15, 0.2) is 64.1 Å². The molecule has 34 heavy (non-hydrogen) atoms. The zero-order valence-corrected chi connectivity index (χ0v) is 18.8. The maximum absolute atomic E-state index is 13.4. The molecule has 1 aliphatic carbocycles. The molecule has 0 bridgehead atoms. The smallest absolute Gasteiger partial charge is 0.428 e. The molecule has 0 saturated heterocycles. The summed E-state index contributed by atoms with van der Waals surface area (Å²) in [4.78, 5) is 24.6. The fourth-order valence-corrected chi connectivity index (χ4v) is 5.05. The number of ether oxygens (including phenoxy) is 1. The summed E-state index contributed by atoms with van der Waals surface area (Å²) in [5.74, 6) is 0.104. The first kappa shape index (κ1) is 22.1. The number of carbonyl (C=O) groups is 2. The number of para-hydroxylation sites is 1. The van der Waals surface area contributed by atoms with E-state index in [1.165, 1.54) is 12.1 Å². The summed E-state index contributed by atoms with van der Waals surface area (Å²) in [6.45, 7) is 1.99. The molecule has 1 aliphatic heterocycles. The molecule has 2 aliphatic rings. The number of nitrogens with one attached hydrogen (secondary N) is 2. The largest absolute Gasteiger partial charge is 0.451 e. The molecule has 8 heteroatoms. The standard InChI is InChI=1S/C26H26FN3O4/c1-16(28-24(31)22-15-19-4-2-3-5-21(19)33-22)14-17-10-12-26(13-11-17)23(29-30-25(32)34-26)18-6-8-20(27)9-7-18/h2-9,15-17H,10-14H2,1H3,(H,28,31)(H,30,32)/t16-,17?,26?/m0/s1. The van der Waals surface area contributed by atoms with E-state index in [0.29, 0.717) is 35.8 Å². The van der Waals surface area contributed by atoms with Gasteiger partial charge in [0.15, 0.2) is 11.4 Å². The molecule has 2 heterocycles. The van der Waals surface area contributed by atoms with Crippen LogP contribution in [0, 0.1) is 11.7 Å². The Morgan fingerprint density at radius 2 is 1.94 bits per heavy atom. The van der Waals surface area contributed by atoms with Crippen molar-refractivity contribution in [3.05, 3.63) is 71.7 Å². The van der Waals surface area contributed by atoms with Gasteiger partial charge in [0.25, 0.3) is 5.91 Å². The lowest BCUT2D eigenvalue weighted by Gasteiger charge is -2.42. The summed E-state index contributed by atoms with van der Waals surface area (Å²) in [7, 11) is 0. The Hall–Kier alpha value is -3.68. The van der Waals surface area contributed by atoms with Gasteiger partial charge in [0.05, 0.1) is 0 Å². The Kier molecular flexibility index (Phi) is 5.81. The molecule has 1 spiro atoms. The van der Waals surface area contributed by atoms with E-state index in [-0.39, 0.29) is 17.8 Å². The quantitative estimate of drug-likeness (QED) is 0.547. The van der Waals surface area contributed by atoms with Crippen LogP contribution in [0.1, 0.15) is 55.1 Å². The number of hydrazone groups is 1. The molecular weight excluding hydrogens is 437 g/mol. The SMILES string of the molecule is C[C@@H](CC1CCC2(CC1)OC(=O)NN=C2c1ccc(F)cc1)NC(=O)c1cc2ccccc2o1. The van der Waals surface area contributed by atoms with Gasteiger partial charge in [0.2, 0.25) is 0 Å². The highest BCUT2D eigenvalue weighted by Gasteiger charge is 2.46. The van der Waals surface area contributed by atoms with Crippen LogP contribution < -0.4 is 10.7 Å². The third kappa shape index (κ3) is 4.40. The molecule has 2 aromatic carbocycles. The molecule has 2 N–H and O–H groups in total. The zero-order chi connectivity index (χ0) is 23.7. The second-order valence-corrected chi connectivity index (χ2v) is 9.16. The molecule has 7 nitrogen and oxygen atoms in total. The summed E-state index contributed by atoms with van der Waals surface area (Å²) in [6.07, 6.45) is 3.10. The minimum Gasteiger partial charge on any atom is -0.451 e. The highest BCUT2D eigenvalue weighted by molar-refractivity contribution is 6.08. The van der Waals surface area contributed by atoms with E-state index < -0.39 is 11.7 Å². The fourth-order valence-electron chi connectivity index (χ4n) is 5.05. The number of halogens is 1. The monoisotopic (exact) mass is 463 g/mol. The minimum atomic E-state index is -0.822. The molecule has 1 atom stereocenters. The number of amides is 2. The van der Waals surface area contributed by atoms with E-state index in [4.69, 9.17) is 9.15 Å². The first-order valence-electron chi connectivity index (χ1n) is 11.5. The van der Waals surface area contributed by atoms with Gasteiger partial charge in [0, 0.05) is 17.0 Å². The number of fused-ring (bicyclic) bond motifs is 1. The van der Waals surface area contributed by atoms with E-state index in [1.807, 2.05) is 31.2 Å². The van der Waals surface area contributed by atoms with Crippen LogP contribution in [0.5, 0.6) is 0 Å². The summed E-state index contributed by atoms with van der Waals surface area (Å²) < 4.78 is 24.8. The van der Waals surface area contributed by atoms with Crippen LogP contribution in [-0.4, -0.2) is 29.4 Å². The molecule has 3 aromatic rings. The Bertz CT molecular complexity index is 1210. The van der Waals surface area contributed by atoms with Gasteiger partial charge < -0.3 is 14.5 Å². The first-order valence-corrected chi connectivity index (χ1v) is 11.5. The second-order valence-electron chi connectivity index (χ2n) is 9.16. The van der Waals surface area contributed by atoms with Crippen LogP contribution in [0.2, 0.25) is 0 Å². The lowest BCUT2D eigenvalue weighted by Crippen LogP contribution is -2.52. The predicted octanol–water partition coefficient (Wildman–Crippen LogP) is 5.15. The van der Waals surface area contributed by atoms with Gasteiger partial charge in [-0.25, -0.2) is 14.6 Å². The summed E-state index contributed by atoms with van der Waals surface area (Å²) >= 11 is 0. The average Bonchev–Trinajstić information content (AvgIpc) is 3.26. The van der Waals surface area contributed by atoms with E-state index >= 15 is 0 Å². The number of benzene rings is 2. The molecule has 176 valence electrons. The van der Waals surface area contributed by atoms with Crippen LogP contribution in [-0.2, 0) is 4.74 Å². The molecule has 0 unspecified atom stereocenters. The van der Waals surface area contributed by atoms with Crippen molar-refractivity contribution in [1.82, 2.24) is 10.7 Å². The van der Waals surface area contributed by atoms with Crippen molar-refractivity contribution in [3.8, 4) is 0 Å². The third-order valence-electron chi connectivity index (χ3n) is 6.72. The second kappa shape index (κ2) is 8.93. The molecule has 5 rings (SSSR count). The number of hydrogen-bond acceptors (Lipinski definition) is 5. The normalized spacial score (nSPS) is 23.2. The van der Waals surface area contributed by atoms with E-state index in [2.05, 4.69) is 15.8 Å². The molecule has 2 amide bonds. The van der Waals surface area contributed by atoms with Gasteiger partial charge in [-0.1, -0.05) is 30.3 Å². The number of carbonyl (C=O) groups excluding carboxylic acids is 2. The Morgan fingerprint density at radius 3 is 2.68 bits per heavy atom. The van der Waals surface area contributed by atoms with Crippen molar-refractivity contribution < 1.29 is 23.1 Å². The number of rotatable bonds is 5. The maximum atomic E-state index is 13.4. The summed E-state index contributed by atoms with van der Waals surface area (Å²) in [6, 6.07) is 15.3. The first-order chi connectivity index (χ1) is 16.4. The van der Waals surface area contributed by atoms with Crippen LogP contribution in [0.3, 0.4) is 0 Å². The lowest BCUT2D eigenvalue weighted by atomic mass is 9.73. The van der Waals surface area contributed by atoms with Crippen molar-refractivity contribution in [2.24, 2.45) is 11.0 Å². The van der Waals surface area contributed by atoms with Crippen molar-refractivity contribution in [2.75, 3.05) is 0 Å². The van der Waals surface area contributed by atoms with Crippen molar-refractivity contribution >= 4 is 28.7 Å². The molecule has 1 fully saturated rings. The van der Waals surface area contributed by atoms with Gasteiger partial charge in [-0.3, -0.25) is 4.79 Å². The van der Waals surface area contributed by atoms with Crippen molar-refractivity contribution in [3.63, 3.8) is 0 Å². The van der Waals surface area contributed by atoms with Gasteiger partial charge in [-0.15, -0.1) is 0 Å². The maximum Gasteiger partial charge on any atom is 0.428 e. The van der Waals surface area contributed by atoms with E-state index in [1.54, 1.807) is 18.2 Å². The van der Waals surface area contributed by atoms with Gasteiger partial charge in [-0.2, -0.15) is 5.10 Å². The topological polar surface area (TPSA) is 92.9 Å². The summed E-state index contributed by atoms with van der Waals surface area (Å²) in [5.41, 5.74) is 3.60. The number of nitrogens with zero attached hydrogens (tertiary/aromatic N) is 1. The lowest BCUT2D eigenvalue weighted by molar-refractivity contribution is 0.0154. The molecule has 0 radical (unpaired) electrons. The molecule has 1 aromatic heterocycles. The van der Waals surface area contributed by atoms with Gasteiger partial charge >= 0.3 is 6.09 Å². The zero-order valence-electron chi connectivity index (χ0n) is 18.8. The Labute approximate surface area is 196 Å². The Balaban J connectivity index is 1.21. The highest BCUT2D eigenvalue weighted by Crippen LogP contribution is 2.40. The minimum absolute atomic E-state index is 0.0411. The Morgan fingerprint density at radius 1 is 1.21 bits per heavy atom. The fraction of sp³-hybridized carbons (Fsp3) is 0.346. The average molecular weight is 464 g/mol. The van der Waals surface area contributed by atoms with Crippen molar-refractivity contribution in [1.29, 1.82) is 0 Å². The predicted molar refractivity (Wildman–Crippen MR) is 125 cm³/mol. The van der Waals surface area contributed by atoms with E-state index in [9.17, 15) is 14.0 Å². The van der Waals surface area contributed by atoms with Crippen LogP contribution >= 0.6 is 0 Å². The molecular formula is C26H26FN3O4. The van der Waals surface area contributed by atoms with Crippen LogP contribution in [0.25, 0.3) is 11.0 Å². The molecule has 1 saturated carbocycles. The number of furan rings is 1. The van der Waals surface area contributed by atoms with Gasteiger partial charge in [-0.05, 0) is 69.2 Å². The van der Waals surface area contributed by atoms with E-state index in [0.717, 1.165) is 30.2 Å². The van der Waals surface area contributed by atoms with Crippen molar-refractivity contribution in [2.45, 2.75) is 50.7 Å². The third-order valence-corrected chi connectivity index (χ3v) is 6.72. The number of hydrogen-bond donors (Lipinski definition) is 2. The van der Waals surface area contributed by atoms with Gasteiger partial charge in [0.1, 0.15) is 17.1 Å². The van der Waals surface area contributed by atoms with Crippen LogP contribution in [0.4, 0.5) is 9.18 Å².